The van der Waals surface area contributed by atoms with Crippen LogP contribution in [0.5, 0.6) is 0 Å². The second-order valence-electron chi connectivity index (χ2n) is 8.95. The summed E-state index contributed by atoms with van der Waals surface area (Å²) in [5, 5.41) is 0. The Bertz CT molecular complexity index is 1170. The van der Waals surface area contributed by atoms with Gasteiger partial charge in [-0.2, -0.15) is 0 Å². The summed E-state index contributed by atoms with van der Waals surface area (Å²) in [7, 11) is 0. The molecule has 0 aliphatic rings. The van der Waals surface area contributed by atoms with Gasteiger partial charge >= 0.3 is 237 Å². The molecular weight excluding hydrogens is 778 g/mol. The minimum absolute atomic E-state index is 0. The summed E-state index contributed by atoms with van der Waals surface area (Å²) in [5.41, 5.74) is 0. The molecule has 0 fully saturated rings. The Morgan fingerprint density at radius 3 is 0.462 bits per heavy atom. The molecule has 6 aromatic carbocycles. The van der Waals surface area contributed by atoms with Gasteiger partial charge in [0.15, 0.2) is 0 Å². The van der Waals surface area contributed by atoms with Gasteiger partial charge in [0.05, 0.1) is 0 Å². The molecule has 0 spiro atoms. The van der Waals surface area contributed by atoms with Crippen molar-refractivity contribution in [1.29, 1.82) is 0 Å². The van der Waals surface area contributed by atoms with Crippen molar-refractivity contribution in [3.05, 3.63) is 182 Å². The minimum atomic E-state index is -1.63. The van der Waals surface area contributed by atoms with Crippen molar-refractivity contribution < 1.29 is 27.7 Å². The first-order chi connectivity index (χ1) is 18.9. The maximum absolute atomic E-state index is 2.27. The van der Waals surface area contributed by atoms with Gasteiger partial charge in [0, 0.05) is 27.7 Å². The average molecular weight is 808 g/mol. The molecule has 0 saturated heterocycles. The zero-order chi connectivity index (χ0) is 25.8. The van der Waals surface area contributed by atoms with Crippen molar-refractivity contribution >= 4 is 55.1 Å². The molecule has 6 rings (SSSR count). The summed E-state index contributed by atoms with van der Waals surface area (Å²) < 4.78 is 9.00. The van der Waals surface area contributed by atoms with E-state index in [1.807, 2.05) is 0 Å². The van der Waals surface area contributed by atoms with Gasteiger partial charge in [-0.15, -0.1) is 0 Å². The van der Waals surface area contributed by atoms with Crippen LogP contribution in [0.4, 0.5) is 0 Å². The summed E-state index contributed by atoms with van der Waals surface area (Å²) in [6.45, 7) is 0. The molecule has 0 aromatic heterocycles. The van der Waals surface area contributed by atoms with Gasteiger partial charge in [-0.05, 0) is 0 Å². The number of rotatable bonds is 6. The van der Waals surface area contributed by atoms with Crippen LogP contribution in [-0.2, 0) is 27.7 Å². The Hall–Kier alpha value is -2.66. The third kappa shape index (κ3) is 8.17. The van der Waals surface area contributed by atoms with E-state index in [9.17, 15) is 0 Å². The van der Waals surface area contributed by atoms with Crippen LogP contribution in [0.3, 0.4) is 0 Å². The van der Waals surface area contributed by atoms with Crippen LogP contribution in [0.2, 0.25) is 0 Å². The second-order valence-corrected chi connectivity index (χ2v) is 19.4. The first kappa shape index (κ1) is 29.3. The van der Waals surface area contributed by atoms with Crippen molar-refractivity contribution in [2.45, 2.75) is 0 Å². The molecule has 0 unspecified atom stereocenters. The SMILES string of the molecule is [Hg].c1cc[c]([Ge]([c]2ccccc2)[c]2ccccc2)cc1.c1cc[c]([Ge]([c]2ccccc2)[c]2ccccc2)cc1. The fourth-order valence-corrected chi connectivity index (χ4v) is 15.4. The van der Waals surface area contributed by atoms with Crippen LogP contribution >= 0.6 is 0 Å². The quantitative estimate of drug-likeness (QED) is 0.219. The summed E-state index contributed by atoms with van der Waals surface area (Å²) in [6.07, 6.45) is 0. The van der Waals surface area contributed by atoms with E-state index in [0.717, 1.165) is 0 Å². The van der Waals surface area contributed by atoms with Crippen molar-refractivity contribution in [3.63, 3.8) is 0 Å². The van der Waals surface area contributed by atoms with Gasteiger partial charge in [-0.3, -0.25) is 0 Å². The van der Waals surface area contributed by atoms with Crippen LogP contribution in [0.15, 0.2) is 182 Å². The molecule has 0 nitrogen and oxygen atoms in total. The fraction of sp³-hybridized carbons (Fsp3) is 0. The van der Waals surface area contributed by atoms with Crippen molar-refractivity contribution in [2.75, 3.05) is 0 Å². The molecule has 0 bridgehead atoms. The summed E-state index contributed by atoms with van der Waals surface area (Å²) in [5.74, 6) is 0. The first-order valence-electron chi connectivity index (χ1n) is 13.0. The van der Waals surface area contributed by atoms with E-state index in [4.69, 9.17) is 0 Å². The van der Waals surface area contributed by atoms with Gasteiger partial charge in [-0.25, -0.2) is 0 Å². The van der Waals surface area contributed by atoms with E-state index in [0.29, 0.717) is 0 Å². The molecule has 0 aliphatic carbocycles. The van der Waals surface area contributed by atoms with Crippen molar-refractivity contribution in [3.8, 4) is 0 Å². The molecular formula is C36H30Ge2Hg. The Balaban J connectivity index is 0.000000176. The zero-order valence-corrected chi connectivity index (χ0v) is 31.7. The summed E-state index contributed by atoms with van der Waals surface area (Å²) >= 11 is -3.26. The van der Waals surface area contributed by atoms with Gasteiger partial charge < -0.3 is 0 Å². The van der Waals surface area contributed by atoms with E-state index in [2.05, 4.69) is 182 Å². The maximum atomic E-state index is 2.27. The van der Waals surface area contributed by atoms with Gasteiger partial charge in [0.25, 0.3) is 0 Å². The first-order valence-corrected chi connectivity index (χ1v) is 19.3. The van der Waals surface area contributed by atoms with E-state index in [-0.39, 0.29) is 27.7 Å². The normalized spacial score (nSPS) is 10.3. The van der Waals surface area contributed by atoms with E-state index in [1.54, 1.807) is 0 Å². The summed E-state index contributed by atoms with van der Waals surface area (Å²) in [6, 6.07) is 65.6. The van der Waals surface area contributed by atoms with E-state index < -0.39 is 28.7 Å². The van der Waals surface area contributed by atoms with Gasteiger partial charge in [-0.1, -0.05) is 0 Å². The standard InChI is InChI=1S/2C18H15Ge.Hg/c2*1-4-10-16(11-5-1)19(17-12-6-2-7-13-17)18-14-8-3-9-15-18;/h2*1-15H;. The Labute approximate surface area is 262 Å². The molecule has 2 radical (unpaired) electrons. The van der Waals surface area contributed by atoms with Crippen LogP contribution in [0, 0.1) is 0 Å². The van der Waals surface area contributed by atoms with Crippen LogP contribution in [-0.4, -0.2) is 28.7 Å². The second kappa shape index (κ2) is 15.8. The predicted octanol–water partition coefficient (Wildman–Crippen LogP) is 4.40. The molecule has 184 valence electrons. The number of benzene rings is 6. The van der Waals surface area contributed by atoms with Gasteiger partial charge in [0.1, 0.15) is 0 Å². The third-order valence-electron chi connectivity index (χ3n) is 6.37. The molecule has 0 saturated carbocycles. The third-order valence-corrected chi connectivity index (χ3v) is 17.8. The molecule has 6 aromatic rings. The molecule has 39 heavy (non-hydrogen) atoms. The number of hydrogen-bond donors (Lipinski definition) is 0. The van der Waals surface area contributed by atoms with Crippen LogP contribution in [0.25, 0.3) is 0 Å². The van der Waals surface area contributed by atoms with Crippen LogP contribution in [0.1, 0.15) is 0 Å². The number of hydrogen-bond acceptors (Lipinski definition) is 0. The van der Waals surface area contributed by atoms with Gasteiger partial charge in [0.2, 0.25) is 0 Å². The summed E-state index contributed by atoms with van der Waals surface area (Å²) in [4.78, 5) is 0. The molecule has 0 amide bonds. The van der Waals surface area contributed by atoms with Crippen LogP contribution < -0.4 is 26.4 Å². The van der Waals surface area contributed by atoms with Crippen molar-refractivity contribution in [1.82, 2.24) is 0 Å². The Morgan fingerprint density at radius 2 is 0.333 bits per heavy atom. The van der Waals surface area contributed by atoms with E-state index >= 15 is 0 Å². The topological polar surface area (TPSA) is 0 Å². The molecule has 3 heteroatoms. The Kier molecular flexibility index (Phi) is 11.9. The van der Waals surface area contributed by atoms with Crippen molar-refractivity contribution in [2.24, 2.45) is 0 Å². The fourth-order valence-electron chi connectivity index (χ4n) is 4.63. The predicted molar refractivity (Wildman–Crippen MR) is 168 cm³/mol. The molecule has 0 aliphatic heterocycles. The zero-order valence-electron chi connectivity index (χ0n) is 22.0. The Morgan fingerprint density at radius 1 is 0.205 bits per heavy atom. The molecule has 0 heterocycles. The average Bonchev–Trinajstić information content (AvgIpc) is 3.01. The monoisotopic (exact) mass is 812 g/mol. The molecule has 0 atom stereocenters. The molecule has 0 N–H and O–H groups in total. The van der Waals surface area contributed by atoms with E-state index in [1.165, 1.54) is 26.4 Å².